The third kappa shape index (κ3) is 2.52. The first-order valence-corrected chi connectivity index (χ1v) is 8.57. The summed E-state index contributed by atoms with van der Waals surface area (Å²) in [6.45, 7) is 2.02. The van der Waals surface area contributed by atoms with Crippen LogP contribution in [0.4, 0.5) is 0 Å². The normalized spacial score (nSPS) is 12.5. The molecule has 0 aliphatic heterocycles. The lowest BCUT2D eigenvalue weighted by Gasteiger charge is -2.14. The smallest absolute Gasteiger partial charge is 0.253 e. The minimum Gasteiger partial charge on any atom is -0.344 e. The van der Waals surface area contributed by atoms with E-state index in [2.05, 4.69) is 20.3 Å². The largest absolute Gasteiger partial charge is 0.344 e. The molecule has 1 amide bonds. The van der Waals surface area contributed by atoms with Gasteiger partial charge in [0, 0.05) is 18.6 Å². The average Bonchev–Trinajstić information content (AvgIpc) is 3.25. The fourth-order valence-electron chi connectivity index (χ4n) is 2.70. The first-order valence-electron chi connectivity index (χ1n) is 7.69. The number of amides is 1. The number of fused-ring (bicyclic) bond motifs is 2. The van der Waals surface area contributed by atoms with Gasteiger partial charge < -0.3 is 5.32 Å². The van der Waals surface area contributed by atoms with Gasteiger partial charge in [-0.05, 0) is 24.6 Å². The Morgan fingerprint density at radius 3 is 3.08 bits per heavy atom. The van der Waals surface area contributed by atoms with Crippen molar-refractivity contribution in [1.82, 2.24) is 24.7 Å². The van der Waals surface area contributed by atoms with Gasteiger partial charge in [-0.1, -0.05) is 13.0 Å². The number of hydrogen-bond acceptors (Lipinski definition) is 5. The molecular formula is C17H15N5OS. The van der Waals surface area contributed by atoms with Crippen molar-refractivity contribution in [2.45, 2.75) is 19.4 Å². The second kappa shape index (κ2) is 6.01. The van der Waals surface area contributed by atoms with Crippen LogP contribution in [-0.2, 0) is 0 Å². The second-order valence-corrected chi connectivity index (χ2v) is 6.29. The third-order valence-electron chi connectivity index (χ3n) is 3.93. The predicted octanol–water partition coefficient (Wildman–Crippen LogP) is 3.22. The van der Waals surface area contributed by atoms with Crippen LogP contribution in [0.5, 0.6) is 0 Å². The van der Waals surface area contributed by atoms with Crippen molar-refractivity contribution in [3.8, 4) is 0 Å². The van der Waals surface area contributed by atoms with Crippen LogP contribution >= 0.6 is 11.3 Å². The second-order valence-electron chi connectivity index (χ2n) is 5.43. The van der Waals surface area contributed by atoms with Crippen molar-refractivity contribution < 1.29 is 4.79 Å². The van der Waals surface area contributed by atoms with Gasteiger partial charge in [0.05, 0.1) is 33.0 Å². The van der Waals surface area contributed by atoms with Crippen molar-refractivity contribution in [2.24, 2.45) is 0 Å². The number of aromatic nitrogens is 4. The lowest BCUT2D eigenvalue weighted by Crippen LogP contribution is -2.28. The van der Waals surface area contributed by atoms with Gasteiger partial charge in [0.25, 0.3) is 5.91 Å². The fourth-order valence-corrected chi connectivity index (χ4v) is 3.50. The average molecular weight is 337 g/mol. The van der Waals surface area contributed by atoms with Gasteiger partial charge in [-0.3, -0.25) is 9.20 Å². The van der Waals surface area contributed by atoms with Crippen molar-refractivity contribution in [2.75, 3.05) is 0 Å². The molecule has 1 unspecified atom stereocenters. The highest BCUT2D eigenvalue weighted by atomic mass is 32.1. The lowest BCUT2D eigenvalue weighted by atomic mass is 10.1. The number of hydrogen-bond donors (Lipinski definition) is 1. The maximum absolute atomic E-state index is 12.7. The Bertz CT molecular complexity index is 989. The van der Waals surface area contributed by atoms with Crippen LogP contribution in [-0.4, -0.2) is 25.3 Å². The molecule has 0 aliphatic carbocycles. The number of nitrogens with zero attached hydrogens (tertiary/aromatic N) is 4. The summed E-state index contributed by atoms with van der Waals surface area (Å²) >= 11 is 1.47. The molecule has 0 aliphatic rings. The molecule has 0 saturated heterocycles. The standard InChI is InChI=1S/C17H15N5OS/c1-2-12(14-9-22-8-4-7-18-17(22)21-14)20-16(23)11-5-3-6-13-15(11)24-10-19-13/h3-10,12H,2H2,1H3,(H,20,23). The molecule has 0 fully saturated rings. The first kappa shape index (κ1) is 14.8. The molecule has 0 bridgehead atoms. The third-order valence-corrected chi connectivity index (χ3v) is 4.80. The van der Waals surface area contributed by atoms with Crippen molar-refractivity contribution in [1.29, 1.82) is 0 Å². The highest BCUT2D eigenvalue weighted by Crippen LogP contribution is 2.23. The van der Waals surface area contributed by atoms with Crippen LogP contribution in [0.2, 0.25) is 0 Å². The summed E-state index contributed by atoms with van der Waals surface area (Å²) in [6, 6.07) is 7.28. The summed E-state index contributed by atoms with van der Waals surface area (Å²) in [7, 11) is 0. The Morgan fingerprint density at radius 2 is 2.25 bits per heavy atom. The van der Waals surface area contributed by atoms with E-state index in [1.807, 2.05) is 48.0 Å². The highest BCUT2D eigenvalue weighted by Gasteiger charge is 2.19. The lowest BCUT2D eigenvalue weighted by molar-refractivity contribution is 0.0936. The van der Waals surface area contributed by atoms with E-state index < -0.39 is 0 Å². The van der Waals surface area contributed by atoms with Crippen molar-refractivity contribution in [3.63, 3.8) is 0 Å². The molecule has 6 nitrogen and oxygen atoms in total. The van der Waals surface area contributed by atoms with E-state index >= 15 is 0 Å². The molecule has 0 saturated carbocycles. The summed E-state index contributed by atoms with van der Waals surface area (Å²) in [4.78, 5) is 25.7. The Kier molecular flexibility index (Phi) is 3.70. The SMILES string of the molecule is CCC(NC(=O)c1cccc2ncsc12)c1cn2cccnc2n1. The molecule has 24 heavy (non-hydrogen) atoms. The van der Waals surface area contributed by atoms with Crippen molar-refractivity contribution in [3.05, 3.63) is 59.6 Å². The molecule has 3 heterocycles. The highest BCUT2D eigenvalue weighted by molar-refractivity contribution is 7.17. The van der Waals surface area contributed by atoms with Crippen LogP contribution in [0, 0.1) is 0 Å². The van der Waals surface area contributed by atoms with Gasteiger partial charge in [0.15, 0.2) is 0 Å². The van der Waals surface area contributed by atoms with Gasteiger partial charge in [0.1, 0.15) is 0 Å². The van der Waals surface area contributed by atoms with Crippen molar-refractivity contribution >= 4 is 33.2 Å². The van der Waals surface area contributed by atoms with E-state index in [1.165, 1.54) is 11.3 Å². The van der Waals surface area contributed by atoms with Crippen LogP contribution in [0.1, 0.15) is 35.4 Å². The van der Waals surface area contributed by atoms with Gasteiger partial charge in [0.2, 0.25) is 5.78 Å². The van der Waals surface area contributed by atoms with Crippen LogP contribution in [0.15, 0.2) is 48.4 Å². The van der Waals surface area contributed by atoms with E-state index in [9.17, 15) is 4.79 Å². The van der Waals surface area contributed by atoms with Crippen LogP contribution < -0.4 is 5.32 Å². The Balaban J connectivity index is 1.64. The van der Waals surface area contributed by atoms with Gasteiger partial charge >= 0.3 is 0 Å². The molecule has 1 aromatic carbocycles. The number of imidazole rings is 1. The van der Waals surface area contributed by atoms with Crippen LogP contribution in [0.25, 0.3) is 16.0 Å². The fraction of sp³-hybridized carbons (Fsp3) is 0.176. The predicted molar refractivity (Wildman–Crippen MR) is 93.1 cm³/mol. The number of carbonyl (C=O) groups excluding carboxylic acids is 1. The number of thiazole rings is 1. The summed E-state index contributed by atoms with van der Waals surface area (Å²) in [5, 5.41) is 3.08. The zero-order valence-electron chi connectivity index (χ0n) is 13.0. The Hall–Kier alpha value is -2.80. The summed E-state index contributed by atoms with van der Waals surface area (Å²) in [5.41, 5.74) is 4.06. The van der Waals surface area contributed by atoms with Crippen LogP contribution in [0.3, 0.4) is 0 Å². The topological polar surface area (TPSA) is 72.2 Å². The Morgan fingerprint density at radius 1 is 1.33 bits per heavy atom. The molecular weight excluding hydrogens is 322 g/mol. The van der Waals surface area contributed by atoms with E-state index in [0.717, 1.165) is 22.3 Å². The van der Waals surface area contributed by atoms with E-state index in [-0.39, 0.29) is 11.9 Å². The molecule has 1 N–H and O–H groups in total. The molecule has 7 heteroatoms. The monoisotopic (exact) mass is 337 g/mol. The molecule has 0 radical (unpaired) electrons. The maximum Gasteiger partial charge on any atom is 0.253 e. The zero-order valence-corrected chi connectivity index (χ0v) is 13.8. The molecule has 1 atom stereocenters. The molecule has 0 spiro atoms. The summed E-state index contributed by atoms with van der Waals surface area (Å²) in [5.74, 6) is 0.520. The zero-order chi connectivity index (χ0) is 16.5. The Labute approximate surface area is 142 Å². The number of carbonyl (C=O) groups is 1. The number of benzene rings is 1. The number of nitrogens with one attached hydrogen (secondary N) is 1. The van der Waals surface area contributed by atoms with Gasteiger partial charge in [-0.25, -0.2) is 15.0 Å². The minimum atomic E-state index is -0.164. The first-order chi connectivity index (χ1) is 11.8. The molecule has 3 aromatic heterocycles. The molecule has 4 aromatic rings. The van der Waals surface area contributed by atoms with Gasteiger partial charge in [-0.2, -0.15) is 0 Å². The quantitative estimate of drug-likeness (QED) is 0.620. The van der Waals surface area contributed by atoms with E-state index in [1.54, 1.807) is 11.7 Å². The maximum atomic E-state index is 12.7. The summed E-state index contributed by atoms with van der Waals surface area (Å²) < 4.78 is 2.76. The van der Waals surface area contributed by atoms with Gasteiger partial charge in [-0.15, -0.1) is 11.3 Å². The van der Waals surface area contributed by atoms with E-state index in [4.69, 9.17) is 0 Å². The molecule has 120 valence electrons. The summed E-state index contributed by atoms with van der Waals surface area (Å²) in [6.07, 6.45) is 6.25. The number of rotatable bonds is 4. The molecule has 4 rings (SSSR count). The van der Waals surface area contributed by atoms with E-state index in [0.29, 0.717) is 11.3 Å². The minimum absolute atomic E-state index is 0.110.